The van der Waals surface area contributed by atoms with E-state index in [1.807, 2.05) is 35.0 Å². The van der Waals surface area contributed by atoms with Crippen LogP contribution in [0.5, 0.6) is 0 Å². The molecule has 0 N–H and O–H groups in total. The average Bonchev–Trinajstić information content (AvgIpc) is 3.09. The molecule has 1 atom stereocenters. The van der Waals surface area contributed by atoms with Gasteiger partial charge in [-0.25, -0.2) is 4.98 Å². The van der Waals surface area contributed by atoms with Gasteiger partial charge in [-0.3, -0.25) is 0 Å². The summed E-state index contributed by atoms with van der Waals surface area (Å²) in [6.45, 7) is 0.627. The predicted octanol–water partition coefficient (Wildman–Crippen LogP) is 6.46. The predicted molar refractivity (Wildman–Crippen MR) is 107 cm³/mol. The minimum atomic E-state index is -0.193. The second-order valence-corrected chi connectivity index (χ2v) is 8.05. The van der Waals surface area contributed by atoms with Crippen molar-refractivity contribution in [2.45, 2.75) is 17.5 Å². The van der Waals surface area contributed by atoms with Crippen LogP contribution in [0, 0.1) is 0 Å². The van der Waals surface area contributed by atoms with Crippen molar-refractivity contribution in [2.75, 3.05) is 5.94 Å². The van der Waals surface area contributed by atoms with Crippen molar-refractivity contribution < 1.29 is 4.74 Å². The van der Waals surface area contributed by atoms with Crippen molar-refractivity contribution in [3.05, 3.63) is 81.3 Å². The van der Waals surface area contributed by atoms with Crippen molar-refractivity contribution in [3.8, 4) is 0 Å². The van der Waals surface area contributed by atoms with E-state index in [0.29, 0.717) is 22.5 Å². The van der Waals surface area contributed by atoms with E-state index in [-0.39, 0.29) is 6.10 Å². The third-order valence-corrected chi connectivity index (χ3v) is 5.50. The number of nitrogens with zero attached hydrogens (tertiary/aromatic N) is 2. The van der Waals surface area contributed by atoms with Crippen LogP contribution in [0.4, 0.5) is 0 Å². The van der Waals surface area contributed by atoms with E-state index in [0.717, 1.165) is 14.9 Å². The summed E-state index contributed by atoms with van der Waals surface area (Å²) < 4.78 is 9.16. The fraction of sp³-hybridized carbons (Fsp3) is 0.167. The molecule has 3 nitrogen and oxygen atoms in total. The summed E-state index contributed by atoms with van der Waals surface area (Å²) in [7, 11) is 0. The number of imidazole rings is 1. The quantitative estimate of drug-likeness (QED) is 0.301. The zero-order chi connectivity index (χ0) is 17.6. The molecule has 3 aromatic rings. The second-order valence-electron chi connectivity index (χ2n) is 5.30. The Kier molecular flexibility index (Phi) is 6.84. The van der Waals surface area contributed by atoms with Crippen molar-refractivity contribution in [1.82, 2.24) is 9.55 Å². The number of ether oxygens (including phenoxy) is 1. The van der Waals surface area contributed by atoms with E-state index in [1.54, 1.807) is 30.4 Å². The number of hydrogen-bond acceptors (Lipinski definition) is 3. The molecule has 7 heteroatoms. The molecule has 0 aliphatic rings. The molecular formula is C18H15BrCl2N2OS. The van der Waals surface area contributed by atoms with Crippen LogP contribution in [0.3, 0.4) is 0 Å². The number of benzene rings is 2. The molecule has 0 fully saturated rings. The molecule has 1 aromatic heterocycles. The van der Waals surface area contributed by atoms with E-state index < -0.39 is 0 Å². The first-order valence-electron chi connectivity index (χ1n) is 7.52. The monoisotopic (exact) mass is 456 g/mol. The highest BCUT2D eigenvalue weighted by Crippen LogP contribution is 2.31. The Balaban J connectivity index is 1.70. The molecule has 0 aliphatic heterocycles. The molecule has 0 saturated heterocycles. The summed E-state index contributed by atoms with van der Waals surface area (Å²) in [5, 5.41) is 1.21. The highest BCUT2D eigenvalue weighted by Gasteiger charge is 2.17. The number of aromatic nitrogens is 2. The maximum absolute atomic E-state index is 6.38. The summed E-state index contributed by atoms with van der Waals surface area (Å²) in [5.41, 5.74) is 0.913. The second kappa shape index (κ2) is 9.10. The molecule has 0 spiro atoms. The Labute approximate surface area is 169 Å². The van der Waals surface area contributed by atoms with E-state index in [4.69, 9.17) is 27.9 Å². The van der Waals surface area contributed by atoms with Gasteiger partial charge >= 0.3 is 0 Å². The van der Waals surface area contributed by atoms with Gasteiger partial charge in [-0.05, 0) is 36.4 Å². The van der Waals surface area contributed by atoms with Crippen LogP contribution in [-0.2, 0) is 11.3 Å². The van der Waals surface area contributed by atoms with Crippen LogP contribution in [0.15, 0.2) is 70.6 Å². The summed E-state index contributed by atoms with van der Waals surface area (Å²) in [5.74, 6) is 0.514. The SMILES string of the molecule is Clc1ccc(C(Cn2ccnc2)OCSc2ccc(Br)cc2)c(Cl)c1. The third kappa shape index (κ3) is 5.50. The van der Waals surface area contributed by atoms with Gasteiger partial charge in [-0.1, -0.05) is 57.0 Å². The molecule has 1 unspecified atom stereocenters. The first-order valence-corrected chi connectivity index (χ1v) is 10.1. The number of hydrogen-bond donors (Lipinski definition) is 0. The molecular weight excluding hydrogens is 443 g/mol. The Morgan fingerprint density at radius 1 is 1.16 bits per heavy atom. The lowest BCUT2D eigenvalue weighted by atomic mass is 10.1. The molecule has 0 bridgehead atoms. The van der Waals surface area contributed by atoms with Crippen LogP contribution in [0.1, 0.15) is 11.7 Å². The fourth-order valence-electron chi connectivity index (χ4n) is 2.30. The first kappa shape index (κ1) is 18.8. The average molecular weight is 458 g/mol. The van der Waals surface area contributed by atoms with Crippen LogP contribution < -0.4 is 0 Å². The normalized spacial score (nSPS) is 12.3. The topological polar surface area (TPSA) is 27.1 Å². The zero-order valence-corrected chi connectivity index (χ0v) is 17.0. The highest BCUT2D eigenvalue weighted by molar-refractivity contribution is 9.10. The van der Waals surface area contributed by atoms with Crippen LogP contribution in [0.2, 0.25) is 10.0 Å². The van der Waals surface area contributed by atoms with Gasteiger partial charge in [0, 0.05) is 37.4 Å². The molecule has 0 aliphatic carbocycles. The minimum absolute atomic E-state index is 0.193. The van der Waals surface area contributed by atoms with E-state index >= 15 is 0 Å². The van der Waals surface area contributed by atoms with E-state index in [9.17, 15) is 0 Å². The van der Waals surface area contributed by atoms with Gasteiger partial charge in [0.1, 0.15) is 6.10 Å². The van der Waals surface area contributed by atoms with Crippen LogP contribution in [0.25, 0.3) is 0 Å². The molecule has 2 aromatic carbocycles. The third-order valence-electron chi connectivity index (χ3n) is 3.55. The summed E-state index contributed by atoms with van der Waals surface area (Å²) >= 11 is 17.5. The maximum atomic E-state index is 6.38. The largest absolute Gasteiger partial charge is 0.361 e. The molecule has 25 heavy (non-hydrogen) atoms. The van der Waals surface area contributed by atoms with Crippen molar-refractivity contribution in [2.24, 2.45) is 0 Å². The van der Waals surface area contributed by atoms with Crippen molar-refractivity contribution in [3.63, 3.8) is 0 Å². The Bertz CT molecular complexity index is 812. The van der Waals surface area contributed by atoms with Crippen LogP contribution in [-0.4, -0.2) is 15.5 Å². The van der Waals surface area contributed by atoms with Gasteiger partial charge in [0.25, 0.3) is 0 Å². The maximum Gasteiger partial charge on any atom is 0.103 e. The standard InChI is InChI=1S/C18H15BrCl2N2OS/c19-13-1-4-15(5-2-13)25-12-24-18(10-23-8-7-22-11-23)16-6-3-14(20)9-17(16)21/h1-9,11,18H,10,12H2. The lowest BCUT2D eigenvalue weighted by Crippen LogP contribution is -2.12. The van der Waals surface area contributed by atoms with E-state index in [1.165, 1.54) is 0 Å². The van der Waals surface area contributed by atoms with Gasteiger partial charge < -0.3 is 9.30 Å². The lowest BCUT2D eigenvalue weighted by molar-refractivity contribution is 0.0759. The molecule has 0 saturated carbocycles. The molecule has 3 rings (SSSR count). The summed E-state index contributed by atoms with van der Waals surface area (Å²) in [4.78, 5) is 5.23. The van der Waals surface area contributed by atoms with E-state index in [2.05, 4.69) is 33.0 Å². The molecule has 1 heterocycles. The smallest absolute Gasteiger partial charge is 0.103 e. The highest BCUT2D eigenvalue weighted by atomic mass is 79.9. The molecule has 0 amide bonds. The molecule has 130 valence electrons. The number of rotatable bonds is 7. The Morgan fingerprint density at radius 3 is 2.64 bits per heavy atom. The zero-order valence-electron chi connectivity index (χ0n) is 13.1. The number of thioether (sulfide) groups is 1. The van der Waals surface area contributed by atoms with Gasteiger partial charge in [-0.2, -0.15) is 0 Å². The first-order chi connectivity index (χ1) is 12.1. The van der Waals surface area contributed by atoms with Crippen molar-refractivity contribution >= 4 is 50.9 Å². The van der Waals surface area contributed by atoms with Gasteiger partial charge in [-0.15, -0.1) is 0 Å². The summed E-state index contributed by atoms with van der Waals surface area (Å²) in [6.07, 6.45) is 5.23. The lowest BCUT2D eigenvalue weighted by Gasteiger charge is -2.20. The fourth-order valence-corrected chi connectivity index (χ4v) is 3.80. The van der Waals surface area contributed by atoms with Crippen molar-refractivity contribution in [1.29, 1.82) is 0 Å². The number of halogens is 3. The van der Waals surface area contributed by atoms with Gasteiger partial charge in [0.15, 0.2) is 0 Å². The minimum Gasteiger partial charge on any atom is -0.361 e. The molecule has 0 radical (unpaired) electrons. The van der Waals surface area contributed by atoms with Gasteiger partial charge in [0.05, 0.1) is 18.8 Å². The van der Waals surface area contributed by atoms with Gasteiger partial charge in [0.2, 0.25) is 0 Å². The Morgan fingerprint density at radius 2 is 1.96 bits per heavy atom. The van der Waals surface area contributed by atoms with Crippen LogP contribution >= 0.6 is 50.9 Å². The Hall–Kier alpha value is -0.980. The summed E-state index contributed by atoms with van der Waals surface area (Å²) in [6, 6.07) is 13.6.